The summed E-state index contributed by atoms with van der Waals surface area (Å²) in [6.45, 7) is 6.32. The van der Waals surface area contributed by atoms with Gasteiger partial charge in [-0.1, -0.05) is 0 Å². The van der Waals surface area contributed by atoms with Gasteiger partial charge in [0, 0.05) is 54.4 Å². The second-order valence-electron chi connectivity index (χ2n) is 11.9. The first-order valence-electron chi connectivity index (χ1n) is 12.5. The number of hydrogen-bond acceptors (Lipinski definition) is 4. The molecule has 0 aromatic carbocycles. The molecule has 3 saturated carbocycles. The lowest BCUT2D eigenvalue weighted by Gasteiger charge is -2.38. The number of halogens is 2. The molecule has 4 atom stereocenters. The third-order valence-electron chi connectivity index (χ3n) is 9.21. The minimum absolute atomic E-state index is 0.0173. The van der Waals surface area contributed by atoms with Crippen molar-refractivity contribution in [3.05, 3.63) is 17.5 Å². The first-order chi connectivity index (χ1) is 15.0. The first kappa shape index (κ1) is 21.5. The molecule has 0 unspecified atom stereocenters. The molecule has 0 bridgehead atoms. The standard InChI is InChI=1S/C24H35F2N3O2S/c1-15(2)29-21(11-20(27-29)16-3-5-24(25,26)6-4-16)22-18-9-17(10-19(18)22)28-8-7-23(12-28)13-32(30,31)14-23/h11,15-19,22H,3-10,12-14H2,1-2H3/t17-,18-,19+,22+. The van der Waals surface area contributed by atoms with Crippen molar-refractivity contribution in [2.24, 2.45) is 17.3 Å². The molecule has 0 N–H and O–H groups in total. The summed E-state index contributed by atoms with van der Waals surface area (Å²) in [5.74, 6) is 0.392. The molecular formula is C24H35F2N3O2S. The molecule has 32 heavy (non-hydrogen) atoms. The van der Waals surface area contributed by atoms with E-state index in [2.05, 4.69) is 29.5 Å². The molecule has 2 aliphatic heterocycles. The van der Waals surface area contributed by atoms with Crippen LogP contribution in [-0.2, 0) is 9.84 Å². The van der Waals surface area contributed by atoms with Crippen LogP contribution in [0.1, 0.15) is 88.1 Å². The Kier molecular flexibility index (Phi) is 4.70. The molecule has 6 rings (SSSR count). The Morgan fingerprint density at radius 2 is 1.75 bits per heavy atom. The maximum absolute atomic E-state index is 13.6. The van der Waals surface area contributed by atoms with Crippen LogP contribution in [-0.4, -0.2) is 59.7 Å². The zero-order chi connectivity index (χ0) is 22.5. The quantitative estimate of drug-likeness (QED) is 0.660. The second-order valence-corrected chi connectivity index (χ2v) is 14.0. The number of rotatable bonds is 4. The number of aromatic nitrogens is 2. The number of hydrogen-bond donors (Lipinski definition) is 0. The topological polar surface area (TPSA) is 55.2 Å². The lowest BCUT2D eigenvalue weighted by molar-refractivity contribution is -0.0385. The van der Waals surface area contributed by atoms with Gasteiger partial charge in [0.2, 0.25) is 5.92 Å². The number of likely N-dealkylation sites (tertiary alicyclic amines) is 1. The largest absolute Gasteiger partial charge is 0.300 e. The van der Waals surface area contributed by atoms with Crippen molar-refractivity contribution in [2.45, 2.75) is 88.6 Å². The lowest BCUT2D eigenvalue weighted by Crippen LogP contribution is -2.50. The van der Waals surface area contributed by atoms with Crippen LogP contribution in [0.2, 0.25) is 0 Å². The van der Waals surface area contributed by atoms with Gasteiger partial charge in [-0.15, -0.1) is 0 Å². The molecule has 0 radical (unpaired) electrons. The molecule has 2 saturated heterocycles. The fourth-order valence-corrected chi connectivity index (χ4v) is 9.84. The fourth-order valence-electron chi connectivity index (χ4n) is 7.58. The van der Waals surface area contributed by atoms with Crippen LogP contribution in [0.4, 0.5) is 8.78 Å². The Bertz CT molecular complexity index is 986. The van der Waals surface area contributed by atoms with Crippen molar-refractivity contribution in [1.82, 2.24) is 14.7 Å². The van der Waals surface area contributed by atoms with Crippen molar-refractivity contribution in [1.29, 1.82) is 0 Å². The Morgan fingerprint density at radius 3 is 2.34 bits per heavy atom. The van der Waals surface area contributed by atoms with Crippen LogP contribution < -0.4 is 0 Å². The van der Waals surface area contributed by atoms with Gasteiger partial charge < -0.3 is 0 Å². The molecule has 5 aliphatic rings. The Hall–Kier alpha value is -1.02. The van der Waals surface area contributed by atoms with Crippen LogP contribution in [0, 0.1) is 17.3 Å². The molecule has 3 aliphatic carbocycles. The van der Waals surface area contributed by atoms with E-state index in [9.17, 15) is 17.2 Å². The number of nitrogens with zero attached hydrogens (tertiary/aromatic N) is 3. The molecule has 1 aromatic rings. The Morgan fingerprint density at radius 1 is 1.09 bits per heavy atom. The predicted octanol–water partition coefficient (Wildman–Crippen LogP) is 4.37. The van der Waals surface area contributed by atoms with E-state index in [-0.39, 0.29) is 30.2 Å². The maximum atomic E-state index is 13.6. The van der Waals surface area contributed by atoms with Gasteiger partial charge in [-0.3, -0.25) is 9.58 Å². The van der Waals surface area contributed by atoms with E-state index in [0.717, 1.165) is 25.2 Å². The zero-order valence-corrected chi connectivity index (χ0v) is 20.0. The summed E-state index contributed by atoms with van der Waals surface area (Å²) in [7, 11) is -2.77. The summed E-state index contributed by atoms with van der Waals surface area (Å²) < 4.78 is 52.8. The van der Waals surface area contributed by atoms with Gasteiger partial charge in [0.25, 0.3) is 0 Å². The van der Waals surface area contributed by atoms with Gasteiger partial charge in [-0.2, -0.15) is 5.10 Å². The van der Waals surface area contributed by atoms with E-state index in [1.165, 1.54) is 18.5 Å². The van der Waals surface area contributed by atoms with Crippen LogP contribution in [0.25, 0.3) is 0 Å². The first-order valence-corrected chi connectivity index (χ1v) is 14.3. The van der Waals surface area contributed by atoms with Crippen molar-refractivity contribution < 1.29 is 17.2 Å². The highest BCUT2D eigenvalue weighted by Crippen LogP contribution is 2.64. The predicted molar refractivity (Wildman–Crippen MR) is 119 cm³/mol. The van der Waals surface area contributed by atoms with E-state index in [4.69, 9.17) is 5.10 Å². The monoisotopic (exact) mass is 467 g/mol. The lowest BCUT2D eigenvalue weighted by atomic mass is 9.84. The molecule has 5 nitrogen and oxygen atoms in total. The van der Waals surface area contributed by atoms with Gasteiger partial charge in [-0.25, -0.2) is 17.2 Å². The summed E-state index contributed by atoms with van der Waals surface area (Å²) in [5, 5.41) is 4.92. The minimum atomic E-state index is -2.77. The molecule has 1 aromatic heterocycles. The van der Waals surface area contributed by atoms with Crippen molar-refractivity contribution >= 4 is 9.84 Å². The van der Waals surface area contributed by atoms with Gasteiger partial charge in [0.15, 0.2) is 9.84 Å². The molecular weight excluding hydrogens is 432 g/mol. The second kappa shape index (κ2) is 7.00. The molecule has 5 fully saturated rings. The van der Waals surface area contributed by atoms with Crippen molar-refractivity contribution in [3.8, 4) is 0 Å². The van der Waals surface area contributed by atoms with Gasteiger partial charge in [-0.05, 0) is 70.4 Å². The van der Waals surface area contributed by atoms with Crippen molar-refractivity contribution in [3.63, 3.8) is 0 Å². The Labute approximate surface area is 189 Å². The summed E-state index contributed by atoms with van der Waals surface area (Å²) in [4.78, 5) is 2.57. The van der Waals surface area contributed by atoms with Gasteiger partial charge in [0.05, 0.1) is 17.2 Å². The number of alkyl halides is 2. The highest BCUT2D eigenvalue weighted by atomic mass is 32.2. The molecule has 3 heterocycles. The zero-order valence-electron chi connectivity index (χ0n) is 19.1. The van der Waals surface area contributed by atoms with Gasteiger partial charge >= 0.3 is 0 Å². The summed E-state index contributed by atoms with van der Waals surface area (Å²) in [5.41, 5.74) is 2.40. The van der Waals surface area contributed by atoms with E-state index in [1.54, 1.807) is 0 Å². The smallest absolute Gasteiger partial charge is 0.248 e. The average Bonchev–Trinajstić information content (AvgIpc) is 3.13. The normalized spacial score (nSPS) is 37.7. The summed E-state index contributed by atoms with van der Waals surface area (Å²) in [6.07, 6.45) is 4.47. The summed E-state index contributed by atoms with van der Waals surface area (Å²) >= 11 is 0. The van der Waals surface area contributed by atoms with E-state index < -0.39 is 15.8 Å². The fraction of sp³-hybridized carbons (Fsp3) is 0.875. The number of sulfone groups is 1. The summed E-state index contributed by atoms with van der Waals surface area (Å²) in [6, 6.07) is 3.12. The third-order valence-corrected chi connectivity index (χ3v) is 11.3. The third kappa shape index (κ3) is 3.55. The van der Waals surface area contributed by atoms with Crippen LogP contribution in [0.5, 0.6) is 0 Å². The minimum Gasteiger partial charge on any atom is -0.300 e. The number of fused-ring (bicyclic) bond motifs is 1. The van der Waals surface area contributed by atoms with E-state index in [0.29, 0.717) is 48.1 Å². The molecule has 0 amide bonds. The highest BCUT2D eigenvalue weighted by molar-refractivity contribution is 7.92. The molecule has 178 valence electrons. The van der Waals surface area contributed by atoms with Crippen LogP contribution in [0.3, 0.4) is 0 Å². The molecule has 1 spiro atoms. The maximum Gasteiger partial charge on any atom is 0.248 e. The van der Waals surface area contributed by atoms with Crippen LogP contribution >= 0.6 is 0 Å². The van der Waals surface area contributed by atoms with Crippen LogP contribution in [0.15, 0.2) is 6.07 Å². The average molecular weight is 468 g/mol. The van der Waals surface area contributed by atoms with E-state index >= 15 is 0 Å². The van der Waals surface area contributed by atoms with Gasteiger partial charge in [0.1, 0.15) is 0 Å². The SMILES string of the molecule is CC(C)n1nc(C2CCC(F)(F)CC2)cc1[C@H]1[C@@H]2C[C@@H](N3CCC4(C3)CS(=O)(=O)C4)C[C@@H]21. The van der Waals surface area contributed by atoms with Crippen molar-refractivity contribution in [2.75, 3.05) is 24.6 Å². The highest BCUT2D eigenvalue weighted by Gasteiger charge is 2.61. The van der Waals surface area contributed by atoms with E-state index in [1.807, 2.05) is 0 Å². The Balaban J connectivity index is 1.12. The molecule has 8 heteroatoms.